The van der Waals surface area contributed by atoms with Crippen LogP contribution in [0.2, 0.25) is 0 Å². The van der Waals surface area contributed by atoms with Gasteiger partial charge in [-0.05, 0) is 31.6 Å². The molecule has 0 bridgehead atoms. The van der Waals surface area contributed by atoms with Crippen molar-refractivity contribution in [2.45, 2.75) is 38.2 Å². The molecule has 1 saturated heterocycles. The molecule has 0 spiro atoms. The molecule has 1 saturated carbocycles. The van der Waals surface area contributed by atoms with Crippen LogP contribution in [0.3, 0.4) is 0 Å². The minimum Gasteiger partial charge on any atom is -0.477 e. The lowest BCUT2D eigenvalue weighted by Gasteiger charge is -2.32. The van der Waals surface area contributed by atoms with Crippen molar-refractivity contribution in [2.75, 3.05) is 20.2 Å². The molecule has 1 aromatic rings. The van der Waals surface area contributed by atoms with Crippen LogP contribution in [-0.4, -0.2) is 47.1 Å². The van der Waals surface area contributed by atoms with Gasteiger partial charge in [0.1, 0.15) is 6.10 Å². The first-order valence-electron chi connectivity index (χ1n) is 7.55. The van der Waals surface area contributed by atoms with Gasteiger partial charge in [-0.1, -0.05) is 0 Å². The van der Waals surface area contributed by atoms with E-state index in [0.29, 0.717) is 30.6 Å². The van der Waals surface area contributed by atoms with Crippen LogP contribution >= 0.6 is 0 Å². The van der Waals surface area contributed by atoms with Gasteiger partial charge in [-0.25, -0.2) is 9.97 Å². The fraction of sp³-hybridized carbons (Fsp3) is 0.667. The number of piperidine rings is 1. The Morgan fingerprint density at radius 3 is 2.76 bits per heavy atom. The highest BCUT2D eigenvalue weighted by Gasteiger charge is 2.30. The number of carbonyl (C=O) groups is 1. The Hall–Kier alpha value is -1.85. The highest BCUT2D eigenvalue weighted by Crippen LogP contribution is 2.33. The highest BCUT2D eigenvalue weighted by molar-refractivity contribution is 5.76. The molecule has 2 aliphatic rings. The monoisotopic (exact) mass is 291 g/mol. The Morgan fingerprint density at radius 2 is 2.05 bits per heavy atom. The molecule has 1 atom stereocenters. The van der Waals surface area contributed by atoms with Crippen molar-refractivity contribution in [2.24, 2.45) is 5.92 Å². The largest absolute Gasteiger partial charge is 0.477 e. The maximum absolute atomic E-state index is 12.2. The zero-order valence-corrected chi connectivity index (χ0v) is 12.3. The zero-order valence-electron chi connectivity index (χ0n) is 12.3. The van der Waals surface area contributed by atoms with E-state index in [1.54, 1.807) is 19.5 Å². The average molecular weight is 291 g/mol. The number of rotatable bonds is 5. The van der Waals surface area contributed by atoms with E-state index in [4.69, 9.17) is 9.47 Å². The van der Waals surface area contributed by atoms with Crippen LogP contribution < -0.4 is 9.47 Å². The van der Waals surface area contributed by atoms with Crippen molar-refractivity contribution in [3.05, 3.63) is 12.4 Å². The van der Waals surface area contributed by atoms with Gasteiger partial charge in [-0.15, -0.1) is 0 Å². The van der Waals surface area contributed by atoms with Gasteiger partial charge < -0.3 is 14.4 Å². The second-order valence-corrected chi connectivity index (χ2v) is 5.74. The van der Waals surface area contributed by atoms with Crippen LogP contribution in [0.25, 0.3) is 0 Å². The van der Waals surface area contributed by atoms with Crippen LogP contribution in [0.15, 0.2) is 12.4 Å². The van der Waals surface area contributed by atoms with Gasteiger partial charge in [0.25, 0.3) is 11.8 Å². The van der Waals surface area contributed by atoms with E-state index in [0.717, 1.165) is 19.4 Å². The molecule has 0 aromatic carbocycles. The molecular formula is C15H21N3O3. The first kappa shape index (κ1) is 14.1. The molecule has 6 heteroatoms. The Labute approximate surface area is 124 Å². The molecule has 1 aromatic heterocycles. The molecule has 6 nitrogen and oxygen atoms in total. The summed E-state index contributed by atoms with van der Waals surface area (Å²) in [4.78, 5) is 22.3. The SMILES string of the molecule is COc1nccnc1OC1CCCN(C(=O)CC2CC2)C1. The Kier molecular flexibility index (Phi) is 4.22. The van der Waals surface area contributed by atoms with Gasteiger partial charge in [0, 0.05) is 25.4 Å². The van der Waals surface area contributed by atoms with Crippen molar-refractivity contribution in [1.82, 2.24) is 14.9 Å². The molecule has 0 radical (unpaired) electrons. The third kappa shape index (κ3) is 3.62. The lowest BCUT2D eigenvalue weighted by atomic mass is 10.1. The van der Waals surface area contributed by atoms with Gasteiger partial charge in [0.05, 0.1) is 13.7 Å². The topological polar surface area (TPSA) is 64.6 Å². The van der Waals surface area contributed by atoms with E-state index in [9.17, 15) is 4.79 Å². The van der Waals surface area contributed by atoms with E-state index in [2.05, 4.69) is 9.97 Å². The number of methoxy groups -OCH3 is 1. The molecule has 21 heavy (non-hydrogen) atoms. The fourth-order valence-corrected chi connectivity index (χ4v) is 2.65. The summed E-state index contributed by atoms with van der Waals surface area (Å²) in [6.07, 6.45) is 8.10. The van der Waals surface area contributed by atoms with Crippen LogP contribution in [0.4, 0.5) is 0 Å². The van der Waals surface area contributed by atoms with Gasteiger partial charge >= 0.3 is 0 Å². The molecule has 2 heterocycles. The van der Waals surface area contributed by atoms with Gasteiger partial charge in [0.15, 0.2) is 0 Å². The number of likely N-dealkylation sites (tertiary alicyclic amines) is 1. The summed E-state index contributed by atoms with van der Waals surface area (Å²) < 4.78 is 11.0. The summed E-state index contributed by atoms with van der Waals surface area (Å²) in [7, 11) is 1.54. The third-order valence-electron chi connectivity index (χ3n) is 4.00. The number of carbonyl (C=O) groups excluding carboxylic acids is 1. The Bertz CT molecular complexity index is 505. The summed E-state index contributed by atoms with van der Waals surface area (Å²) >= 11 is 0. The predicted octanol–water partition coefficient (Wildman–Crippen LogP) is 1.66. The highest BCUT2D eigenvalue weighted by atomic mass is 16.5. The summed E-state index contributed by atoms with van der Waals surface area (Å²) in [5, 5.41) is 0. The maximum Gasteiger partial charge on any atom is 0.278 e. The number of ether oxygens (including phenoxy) is 2. The van der Waals surface area contributed by atoms with Gasteiger partial charge in [0.2, 0.25) is 5.91 Å². The number of nitrogens with zero attached hydrogens (tertiary/aromatic N) is 3. The van der Waals surface area contributed by atoms with Crippen LogP contribution in [0, 0.1) is 5.92 Å². The van der Waals surface area contributed by atoms with E-state index in [1.807, 2.05) is 4.90 Å². The minimum absolute atomic E-state index is 0.0347. The second-order valence-electron chi connectivity index (χ2n) is 5.74. The molecule has 1 unspecified atom stereocenters. The van der Waals surface area contributed by atoms with Crippen molar-refractivity contribution >= 4 is 5.91 Å². The summed E-state index contributed by atoms with van der Waals surface area (Å²) in [6.45, 7) is 1.47. The molecular weight excluding hydrogens is 270 g/mol. The van der Waals surface area contributed by atoms with E-state index < -0.39 is 0 Å². The van der Waals surface area contributed by atoms with Crippen LogP contribution in [-0.2, 0) is 4.79 Å². The van der Waals surface area contributed by atoms with Crippen LogP contribution in [0.5, 0.6) is 11.8 Å². The number of hydrogen-bond acceptors (Lipinski definition) is 5. The quantitative estimate of drug-likeness (QED) is 0.825. The molecule has 1 aliphatic heterocycles. The molecule has 1 aliphatic carbocycles. The number of amides is 1. The second kappa shape index (κ2) is 6.28. The fourth-order valence-electron chi connectivity index (χ4n) is 2.65. The van der Waals surface area contributed by atoms with Crippen molar-refractivity contribution in [1.29, 1.82) is 0 Å². The molecule has 1 amide bonds. The molecule has 2 fully saturated rings. The van der Waals surface area contributed by atoms with Gasteiger partial charge in [-0.2, -0.15) is 0 Å². The predicted molar refractivity (Wildman–Crippen MR) is 76.2 cm³/mol. The van der Waals surface area contributed by atoms with E-state index >= 15 is 0 Å². The summed E-state index contributed by atoms with van der Waals surface area (Å²) in [5.41, 5.74) is 0. The third-order valence-corrected chi connectivity index (χ3v) is 4.00. The average Bonchev–Trinajstić information content (AvgIpc) is 3.32. The first-order chi connectivity index (χ1) is 10.3. The standard InChI is InChI=1S/C15H21N3O3/c1-20-14-15(17-7-6-16-14)21-12-3-2-8-18(10-12)13(19)9-11-4-5-11/h6-7,11-12H,2-5,8-10H2,1H3. The van der Waals surface area contributed by atoms with Crippen molar-refractivity contribution < 1.29 is 14.3 Å². The van der Waals surface area contributed by atoms with Gasteiger partial charge in [-0.3, -0.25) is 4.79 Å². The van der Waals surface area contributed by atoms with Crippen molar-refractivity contribution in [3.63, 3.8) is 0 Å². The smallest absolute Gasteiger partial charge is 0.278 e. The Morgan fingerprint density at radius 1 is 1.29 bits per heavy atom. The first-order valence-corrected chi connectivity index (χ1v) is 7.55. The minimum atomic E-state index is -0.0347. The lowest BCUT2D eigenvalue weighted by molar-refractivity contribution is -0.134. The maximum atomic E-state index is 12.2. The molecule has 3 rings (SSSR count). The molecule has 0 N–H and O–H groups in total. The van der Waals surface area contributed by atoms with E-state index in [1.165, 1.54) is 12.8 Å². The van der Waals surface area contributed by atoms with Crippen LogP contribution in [0.1, 0.15) is 32.1 Å². The normalized spacial score (nSPS) is 22.0. The number of hydrogen-bond donors (Lipinski definition) is 0. The number of aromatic nitrogens is 2. The molecule has 114 valence electrons. The zero-order chi connectivity index (χ0) is 14.7. The summed E-state index contributed by atoms with van der Waals surface area (Å²) in [5.74, 6) is 1.68. The lowest BCUT2D eigenvalue weighted by Crippen LogP contribution is -2.44. The van der Waals surface area contributed by atoms with Crippen molar-refractivity contribution in [3.8, 4) is 11.8 Å². The summed E-state index contributed by atoms with van der Waals surface area (Å²) in [6, 6.07) is 0. The van der Waals surface area contributed by atoms with E-state index in [-0.39, 0.29) is 12.0 Å². The Balaban J connectivity index is 1.59.